The summed E-state index contributed by atoms with van der Waals surface area (Å²) in [7, 11) is 0. The van der Waals surface area contributed by atoms with Crippen LogP contribution in [0.15, 0.2) is 94.1 Å². The standard InChI is InChI=1S/C33H28Cl4N6O3/c1-4-28(46-23-7-5-6-19(3)14-23)32(44)38-22-12-13-27(24(35)17-22)39-31-29(41-40-21-10-8-18(2)9-11-21)33(45)43(42-31)30-25(36)15-20(34)16-26(30)37/h5-17,28-29H,4H2,1-3H3,(H,38,44)(H,39,42). The van der Waals surface area contributed by atoms with Gasteiger partial charge in [-0.3, -0.25) is 15.0 Å². The fourth-order valence-electron chi connectivity index (χ4n) is 4.51. The number of ether oxygens (including phenoxy) is 1. The van der Waals surface area contributed by atoms with Crippen molar-refractivity contribution in [2.45, 2.75) is 39.3 Å². The van der Waals surface area contributed by atoms with E-state index in [1.54, 1.807) is 36.4 Å². The number of hydrogen-bond donors (Lipinski definition) is 2. The normalized spacial score (nSPS) is 16.2. The van der Waals surface area contributed by atoms with E-state index < -0.39 is 18.1 Å². The first kappa shape index (κ1) is 33.2. The van der Waals surface area contributed by atoms with Gasteiger partial charge in [0.2, 0.25) is 6.04 Å². The molecule has 1 heterocycles. The van der Waals surface area contributed by atoms with E-state index in [0.29, 0.717) is 34.3 Å². The molecule has 4 aromatic rings. The highest BCUT2D eigenvalue weighted by molar-refractivity contribution is 6.43. The van der Waals surface area contributed by atoms with Gasteiger partial charge in [0.1, 0.15) is 11.4 Å². The maximum absolute atomic E-state index is 13.7. The fraction of sp³-hybridized carbons (Fsp3) is 0.182. The zero-order valence-corrected chi connectivity index (χ0v) is 27.9. The van der Waals surface area contributed by atoms with E-state index in [-0.39, 0.29) is 32.5 Å². The average Bonchev–Trinajstić information content (AvgIpc) is 3.30. The molecule has 5 rings (SSSR count). The SMILES string of the molecule is CCC(Oc1cccc(C)c1)C(=O)Nc1ccc(N=C2NN(c3c(Cl)cc(Cl)cc3Cl)C(=O)C2N=Nc2ccc(C)cc2)c(Cl)c1. The molecule has 46 heavy (non-hydrogen) atoms. The molecule has 0 spiro atoms. The van der Waals surface area contributed by atoms with Crippen molar-refractivity contribution in [3.63, 3.8) is 0 Å². The molecule has 1 aliphatic rings. The highest BCUT2D eigenvalue weighted by Crippen LogP contribution is 2.38. The van der Waals surface area contributed by atoms with Crippen molar-refractivity contribution < 1.29 is 14.3 Å². The van der Waals surface area contributed by atoms with Gasteiger partial charge in [0.25, 0.3) is 11.8 Å². The number of amides is 2. The molecule has 13 heteroatoms. The molecule has 1 aliphatic heterocycles. The van der Waals surface area contributed by atoms with Gasteiger partial charge in [-0.25, -0.2) is 10.0 Å². The highest BCUT2D eigenvalue weighted by atomic mass is 35.5. The topological polar surface area (TPSA) is 108 Å². The van der Waals surface area contributed by atoms with Crippen molar-refractivity contribution in [2.75, 3.05) is 10.3 Å². The fourth-order valence-corrected chi connectivity index (χ4v) is 5.72. The van der Waals surface area contributed by atoms with Crippen LogP contribution in [-0.2, 0) is 9.59 Å². The zero-order chi connectivity index (χ0) is 33.0. The molecule has 2 amide bonds. The molecule has 0 aliphatic carbocycles. The summed E-state index contributed by atoms with van der Waals surface area (Å²) < 4.78 is 5.92. The molecule has 2 atom stereocenters. The van der Waals surface area contributed by atoms with Crippen molar-refractivity contribution in [1.82, 2.24) is 5.43 Å². The zero-order valence-electron chi connectivity index (χ0n) is 24.9. The van der Waals surface area contributed by atoms with Crippen LogP contribution in [0, 0.1) is 13.8 Å². The number of anilines is 2. The number of aryl methyl sites for hydroxylation is 2. The number of rotatable bonds is 9. The first-order valence-corrected chi connectivity index (χ1v) is 15.7. The van der Waals surface area contributed by atoms with E-state index in [1.807, 2.05) is 51.1 Å². The second kappa shape index (κ2) is 14.5. The van der Waals surface area contributed by atoms with E-state index >= 15 is 0 Å². The molecular formula is C33H28Cl4N6O3. The number of halogens is 4. The highest BCUT2D eigenvalue weighted by Gasteiger charge is 2.41. The van der Waals surface area contributed by atoms with E-state index in [1.165, 1.54) is 12.1 Å². The number of amidine groups is 1. The van der Waals surface area contributed by atoms with Gasteiger partial charge in [-0.05, 0) is 80.4 Å². The molecule has 0 saturated carbocycles. The molecule has 0 aromatic heterocycles. The number of azo groups is 1. The van der Waals surface area contributed by atoms with Crippen LogP contribution in [0.2, 0.25) is 20.1 Å². The Kier molecular flexibility index (Phi) is 10.5. The Morgan fingerprint density at radius 2 is 1.65 bits per heavy atom. The summed E-state index contributed by atoms with van der Waals surface area (Å²) in [5.41, 5.74) is 6.51. The largest absolute Gasteiger partial charge is 0.481 e. The lowest BCUT2D eigenvalue weighted by atomic mass is 10.2. The summed E-state index contributed by atoms with van der Waals surface area (Å²) in [6.07, 6.45) is -0.262. The van der Waals surface area contributed by atoms with Gasteiger partial charge in [0.15, 0.2) is 11.9 Å². The third kappa shape index (κ3) is 7.79. The average molecular weight is 698 g/mol. The van der Waals surface area contributed by atoms with Gasteiger partial charge < -0.3 is 10.1 Å². The summed E-state index contributed by atoms with van der Waals surface area (Å²) in [4.78, 5) is 31.3. The van der Waals surface area contributed by atoms with Gasteiger partial charge >= 0.3 is 0 Å². The molecular weight excluding hydrogens is 670 g/mol. The van der Waals surface area contributed by atoms with Crippen LogP contribution >= 0.6 is 46.4 Å². The van der Waals surface area contributed by atoms with E-state index in [2.05, 4.69) is 26.0 Å². The van der Waals surface area contributed by atoms with Crippen LogP contribution in [0.1, 0.15) is 24.5 Å². The summed E-state index contributed by atoms with van der Waals surface area (Å²) in [5.74, 6) is -0.126. The Morgan fingerprint density at radius 3 is 2.30 bits per heavy atom. The summed E-state index contributed by atoms with van der Waals surface area (Å²) in [5, 5.41) is 13.4. The van der Waals surface area contributed by atoms with E-state index in [9.17, 15) is 9.59 Å². The third-order valence-electron chi connectivity index (χ3n) is 6.85. The second-order valence-corrected chi connectivity index (χ2v) is 12.1. The van der Waals surface area contributed by atoms with Crippen LogP contribution in [0.25, 0.3) is 0 Å². The van der Waals surface area contributed by atoms with Crippen molar-refractivity contribution in [3.8, 4) is 5.75 Å². The summed E-state index contributed by atoms with van der Waals surface area (Å²) in [6, 6.07) is 21.4. The molecule has 1 fully saturated rings. The van der Waals surface area contributed by atoms with Crippen LogP contribution in [0.5, 0.6) is 5.75 Å². The first-order chi connectivity index (χ1) is 22.0. The maximum Gasteiger partial charge on any atom is 0.280 e. The van der Waals surface area contributed by atoms with Crippen LogP contribution in [-0.4, -0.2) is 29.8 Å². The lowest BCUT2D eigenvalue weighted by Crippen LogP contribution is -2.36. The summed E-state index contributed by atoms with van der Waals surface area (Å²) in [6.45, 7) is 5.77. The monoisotopic (exact) mass is 696 g/mol. The first-order valence-electron chi connectivity index (χ1n) is 14.2. The minimum atomic E-state index is -1.18. The molecule has 2 N–H and O–H groups in total. The Morgan fingerprint density at radius 1 is 0.935 bits per heavy atom. The number of hydrazine groups is 1. The van der Waals surface area contributed by atoms with Crippen LogP contribution in [0.4, 0.5) is 22.7 Å². The van der Waals surface area contributed by atoms with Crippen LogP contribution < -0.4 is 20.5 Å². The number of hydrogen-bond acceptors (Lipinski definition) is 6. The van der Waals surface area contributed by atoms with Gasteiger partial charge in [-0.15, -0.1) is 0 Å². The predicted molar refractivity (Wildman–Crippen MR) is 185 cm³/mol. The minimum absolute atomic E-state index is 0.124. The second-order valence-electron chi connectivity index (χ2n) is 10.4. The van der Waals surface area contributed by atoms with Crippen molar-refractivity contribution in [2.24, 2.45) is 15.2 Å². The smallest absolute Gasteiger partial charge is 0.280 e. The number of carbonyl (C=O) groups is 2. The number of aliphatic imine (C=N–C) groups is 1. The third-order valence-corrected chi connectivity index (χ3v) is 7.95. The van der Waals surface area contributed by atoms with Gasteiger partial charge in [0, 0.05) is 10.7 Å². The van der Waals surface area contributed by atoms with Crippen molar-refractivity contribution in [1.29, 1.82) is 0 Å². The number of carbonyl (C=O) groups excluding carboxylic acids is 2. The van der Waals surface area contributed by atoms with Crippen LogP contribution in [0.3, 0.4) is 0 Å². The van der Waals surface area contributed by atoms with E-state index in [4.69, 9.17) is 51.1 Å². The quantitative estimate of drug-likeness (QED) is 0.170. The predicted octanol–water partition coefficient (Wildman–Crippen LogP) is 9.45. The molecule has 236 valence electrons. The van der Waals surface area contributed by atoms with Gasteiger partial charge in [-0.1, -0.05) is 83.2 Å². The van der Waals surface area contributed by atoms with Gasteiger partial charge in [-0.2, -0.15) is 10.2 Å². The van der Waals surface area contributed by atoms with Crippen molar-refractivity contribution >= 4 is 86.8 Å². The molecule has 4 aromatic carbocycles. The molecule has 1 saturated heterocycles. The lowest BCUT2D eigenvalue weighted by Gasteiger charge is -2.19. The molecule has 2 unspecified atom stereocenters. The number of benzene rings is 4. The molecule has 0 radical (unpaired) electrons. The van der Waals surface area contributed by atoms with Gasteiger partial charge in [0.05, 0.1) is 26.4 Å². The summed E-state index contributed by atoms with van der Waals surface area (Å²) >= 11 is 25.6. The Bertz CT molecular complexity index is 1820. The number of nitrogens with one attached hydrogen (secondary N) is 2. The lowest BCUT2D eigenvalue weighted by molar-refractivity contribution is -0.122. The van der Waals surface area contributed by atoms with E-state index in [0.717, 1.165) is 16.1 Å². The molecule has 0 bridgehead atoms. The minimum Gasteiger partial charge on any atom is -0.481 e. The number of nitrogens with zero attached hydrogens (tertiary/aromatic N) is 4. The maximum atomic E-state index is 13.7. The molecule has 9 nitrogen and oxygen atoms in total. The Balaban J connectivity index is 1.41. The Labute approximate surface area is 286 Å². The van der Waals surface area contributed by atoms with Crippen molar-refractivity contribution in [3.05, 3.63) is 110 Å². The Hall–Kier alpha value is -4.15.